The summed E-state index contributed by atoms with van der Waals surface area (Å²) in [5, 5.41) is 0. The summed E-state index contributed by atoms with van der Waals surface area (Å²) in [5.41, 5.74) is -0.125. The molecule has 0 saturated heterocycles. The van der Waals surface area contributed by atoms with Crippen LogP contribution in [-0.2, 0) is 0 Å². The molecule has 64 valence electrons. The average molecular weight is 149 g/mol. The second-order valence-electron chi connectivity index (χ2n) is 4.04. The Morgan fingerprint density at radius 2 is 1.20 bits per heavy atom. The van der Waals surface area contributed by atoms with Crippen LogP contribution >= 0.6 is 0 Å². The third-order valence-electron chi connectivity index (χ3n) is 0.401. The van der Waals surface area contributed by atoms with Crippen LogP contribution in [0.25, 0.3) is 0 Å². The average Bonchev–Trinajstić information content (AvgIpc) is 1.63. The zero-order chi connectivity index (χ0) is 8.78. The van der Waals surface area contributed by atoms with Gasteiger partial charge in [-0.15, -0.1) is 0 Å². The highest BCUT2D eigenvalue weighted by Gasteiger charge is 2.06. The van der Waals surface area contributed by atoms with Gasteiger partial charge in [0.1, 0.15) is 0 Å². The lowest BCUT2D eigenvalue weighted by atomic mass is 10.00. The summed E-state index contributed by atoms with van der Waals surface area (Å²) in [6.45, 7) is 5.38. The Balaban J connectivity index is 0. The van der Waals surface area contributed by atoms with Gasteiger partial charge in [-0.1, -0.05) is 20.8 Å². The van der Waals surface area contributed by atoms with Crippen LogP contribution in [-0.4, -0.2) is 32.7 Å². The zero-order valence-corrected chi connectivity index (χ0v) is 8.03. The highest BCUT2D eigenvalue weighted by atomic mass is 19.1. The van der Waals surface area contributed by atoms with Gasteiger partial charge in [-0.2, -0.15) is 0 Å². The van der Waals surface area contributed by atoms with Gasteiger partial charge in [-0.05, 0) is 26.6 Å². The molecule has 0 aliphatic carbocycles. The highest BCUT2D eigenvalue weighted by Crippen LogP contribution is 2.11. The molecule has 0 unspecified atom stereocenters. The van der Waals surface area contributed by atoms with Crippen LogP contribution in [0.4, 0.5) is 4.39 Å². The maximum atomic E-state index is 11.5. The molecule has 0 atom stereocenters. The molecule has 0 rings (SSSR count). The number of nitrogens with zero attached hydrogens (tertiary/aromatic N) is 1. The van der Waals surface area contributed by atoms with Crippen molar-refractivity contribution in [3.05, 3.63) is 0 Å². The second-order valence-corrected chi connectivity index (χ2v) is 4.04. The van der Waals surface area contributed by atoms with E-state index in [0.717, 1.165) is 0 Å². The number of hydrogen-bond acceptors (Lipinski definition) is 1. The molecule has 0 amide bonds. The topological polar surface area (TPSA) is 3.24 Å². The van der Waals surface area contributed by atoms with Gasteiger partial charge >= 0.3 is 0 Å². The predicted molar refractivity (Wildman–Crippen MR) is 45.0 cm³/mol. The first-order valence-electron chi connectivity index (χ1n) is 3.46. The van der Waals surface area contributed by atoms with E-state index in [2.05, 4.69) is 0 Å². The zero-order valence-electron chi connectivity index (χ0n) is 8.03. The maximum Gasteiger partial charge on any atom is 0.0942 e. The van der Waals surface area contributed by atoms with Crippen LogP contribution in [0.2, 0.25) is 0 Å². The fourth-order valence-corrected chi connectivity index (χ4v) is 0. The van der Waals surface area contributed by atoms with E-state index in [4.69, 9.17) is 0 Å². The Kier molecular flexibility index (Phi) is 7.10. The normalized spacial score (nSPS) is 10.8. The van der Waals surface area contributed by atoms with E-state index < -0.39 is 0 Å². The lowest BCUT2D eigenvalue weighted by Gasteiger charge is -2.09. The Morgan fingerprint density at radius 1 is 1.10 bits per heavy atom. The lowest BCUT2D eigenvalue weighted by Crippen LogP contribution is -2.05. The molecule has 0 aliphatic heterocycles. The quantitative estimate of drug-likeness (QED) is 0.510. The van der Waals surface area contributed by atoms with Crippen molar-refractivity contribution in [3.8, 4) is 0 Å². The summed E-state index contributed by atoms with van der Waals surface area (Å²) in [6, 6.07) is 0. The molecule has 0 radical (unpaired) electrons. The molecule has 0 heterocycles. The Bertz CT molecular complexity index is 61.4. The van der Waals surface area contributed by atoms with E-state index in [1.54, 1.807) is 0 Å². The van der Waals surface area contributed by atoms with Crippen molar-refractivity contribution in [1.82, 2.24) is 4.90 Å². The number of alkyl halides is 1. The minimum atomic E-state index is -0.229. The standard InChI is InChI=1S/C5H11F.C3H9N/c1-5(2,3)4-6;1-4(2)3/h4H2,1-3H3;1-3H3. The third-order valence-corrected chi connectivity index (χ3v) is 0.401. The lowest BCUT2D eigenvalue weighted by molar-refractivity contribution is 0.285. The number of halogens is 1. The van der Waals surface area contributed by atoms with Gasteiger partial charge in [-0.3, -0.25) is 4.39 Å². The van der Waals surface area contributed by atoms with E-state index in [-0.39, 0.29) is 12.1 Å². The molecule has 0 aromatic carbocycles. The van der Waals surface area contributed by atoms with Crippen molar-refractivity contribution in [2.45, 2.75) is 20.8 Å². The largest absolute Gasteiger partial charge is 0.312 e. The van der Waals surface area contributed by atoms with Crippen molar-refractivity contribution in [2.24, 2.45) is 5.41 Å². The molecule has 0 aromatic heterocycles. The van der Waals surface area contributed by atoms with Crippen LogP contribution in [0, 0.1) is 5.41 Å². The van der Waals surface area contributed by atoms with Crippen LogP contribution in [0.3, 0.4) is 0 Å². The molecular weight excluding hydrogens is 129 g/mol. The van der Waals surface area contributed by atoms with E-state index in [1.807, 2.05) is 46.8 Å². The maximum absolute atomic E-state index is 11.5. The van der Waals surface area contributed by atoms with Crippen LogP contribution in [0.15, 0.2) is 0 Å². The van der Waals surface area contributed by atoms with Crippen molar-refractivity contribution >= 4 is 0 Å². The van der Waals surface area contributed by atoms with Gasteiger partial charge < -0.3 is 4.90 Å². The molecule has 0 saturated carbocycles. The minimum absolute atomic E-state index is 0.125. The smallest absolute Gasteiger partial charge is 0.0942 e. The molecule has 0 aliphatic rings. The molecule has 0 N–H and O–H groups in total. The number of rotatable bonds is 0. The highest BCUT2D eigenvalue weighted by molar-refractivity contribution is 4.56. The molecule has 0 spiro atoms. The fourth-order valence-electron chi connectivity index (χ4n) is 0. The first-order valence-corrected chi connectivity index (χ1v) is 3.46. The van der Waals surface area contributed by atoms with E-state index in [9.17, 15) is 4.39 Å². The fraction of sp³-hybridized carbons (Fsp3) is 1.00. The monoisotopic (exact) mass is 149 g/mol. The van der Waals surface area contributed by atoms with E-state index in [0.29, 0.717) is 0 Å². The summed E-state index contributed by atoms with van der Waals surface area (Å²) < 4.78 is 11.5. The Hall–Kier alpha value is -0.110. The Morgan fingerprint density at radius 3 is 1.20 bits per heavy atom. The molecule has 0 fully saturated rings. The van der Waals surface area contributed by atoms with E-state index in [1.165, 1.54) is 0 Å². The first kappa shape index (κ1) is 12.6. The predicted octanol–water partition coefficient (Wildman–Crippen LogP) is 2.18. The molecule has 0 bridgehead atoms. The SMILES string of the molecule is CC(C)(C)CF.CN(C)C. The van der Waals surface area contributed by atoms with Gasteiger partial charge in [0.05, 0.1) is 6.67 Å². The molecule has 0 aromatic rings. The van der Waals surface area contributed by atoms with Gasteiger partial charge in [0.25, 0.3) is 0 Å². The summed E-state index contributed by atoms with van der Waals surface area (Å²) in [5.74, 6) is 0. The summed E-state index contributed by atoms with van der Waals surface area (Å²) >= 11 is 0. The summed E-state index contributed by atoms with van der Waals surface area (Å²) in [6.07, 6.45) is 0. The van der Waals surface area contributed by atoms with Gasteiger partial charge in [0.15, 0.2) is 0 Å². The molecule has 1 nitrogen and oxygen atoms in total. The molecule has 2 heteroatoms. The Labute approximate surface area is 64.2 Å². The first-order chi connectivity index (χ1) is 4.29. The minimum Gasteiger partial charge on any atom is -0.312 e. The number of hydrogen-bond donors (Lipinski definition) is 0. The van der Waals surface area contributed by atoms with Crippen molar-refractivity contribution in [2.75, 3.05) is 27.8 Å². The van der Waals surface area contributed by atoms with Gasteiger partial charge in [0, 0.05) is 0 Å². The summed E-state index contributed by atoms with van der Waals surface area (Å²) in [4.78, 5) is 2.00. The summed E-state index contributed by atoms with van der Waals surface area (Å²) in [7, 11) is 6.00. The van der Waals surface area contributed by atoms with Crippen molar-refractivity contribution < 1.29 is 4.39 Å². The van der Waals surface area contributed by atoms with Crippen molar-refractivity contribution in [1.29, 1.82) is 0 Å². The second kappa shape index (κ2) is 5.66. The van der Waals surface area contributed by atoms with Crippen LogP contribution in [0.1, 0.15) is 20.8 Å². The third kappa shape index (κ3) is 44.8. The van der Waals surface area contributed by atoms with E-state index >= 15 is 0 Å². The van der Waals surface area contributed by atoms with Crippen LogP contribution in [0.5, 0.6) is 0 Å². The van der Waals surface area contributed by atoms with Gasteiger partial charge in [-0.25, -0.2) is 0 Å². The van der Waals surface area contributed by atoms with Crippen molar-refractivity contribution in [3.63, 3.8) is 0 Å². The van der Waals surface area contributed by atoms with Crippen LogP contribution < -0.4 is 0 Å². The molecule has 10 heavy (non-hydrogen) atoms. The molecular formula is C8H20FN. The van der Waals surface area contributed by atoms with Gasteiger partial charge in [0.2, 0.25) is 0 Å².